The Morgan fingerprint density at radius 3 is 2.43 bits per heavy atom. The van der Waals surface area contributed by atoms with Gasteiger partial charge in [0, 0.05) is 26.2 Å². The minimum Gasteiger partial charge on any atom is -0.486 e. The smallest absolute Gasteiger partial charge is 0.256 e. The van der Waals surface area contributed by atoms with E-state index in [-0.39, 0.29) is 23.3 Å². The second-order valence-electron chi connectivity index (χ2n) is 7.58. The Balaban J connectivity index is 1.42. The minimum atomic E-state index is -0.521. The maximum atomic E-state index is 14.0. The summed E-state index contributed by atoms with van der Waals surface area (Å²) >= 11 is 0. The lowest BCUT2D eigenvalue weighted by Crippen LogP contribution is -2.39. The Labute approximate surface area is 175 Å². The number of amides is 2. The van der Waals surface area contributed by atoms with E-state index in [0.717, 1.165) is 5.56 Å². The highest BCUT2D eigenvalue weighted by Gasteiger charge is 2.28. The van der Waals surface area contributed by atoms with Gasteiger partial charge in [-0.2, -0.15) is 0 Å². The van der Waals surface area contributed by atoms with E-state index in [1.54, 1.807) is 21.9 Å². The van der Waals surface area contributed by atoms with Crippen LogP contribution in [0.5, 0.6) is 11.5 Å². The summed E-state index contributed by atoms with van der Waals surface area (Å²) in [5.74, 6) is 0.174. The maximum Gasteiger partial charge on any atom is 0.256 e. The molecule has 1 fully saturated rings. The molecule has 0 aromatic heterocycles. The lowest BCUT2D eigenvalue weighted by molar-refractivity contribution is -0.132. The van der Waals surface area contributed by atoms with E-state index in [9.17, 15) is 14.0 Å². The van der Waals surface area contributed by atoms with Gasteiger partial charge in [0.25, 0.3) is 5.91 Å². The van der Waals surface area contributed by atoms with Crippen LogP contribution in [0.2, 0.25) is 0 Å². The predicted octanol–water partition coefficient (Wildman–Crippen LogP) is 3.08. The van der Waals surface area contributed by atoms with Crippen LogP contribution < -0.4 is 9.47 Å². The van der Waals surface area contributed by atoms with Crippen molar-refractivity contribution in [2.75, 3.05) is 39.4 Å². The molecule has 0 aliphatic carbocycles. The van der Waals surface area contributed by atoms with Crippen LogP contribution in [0.1, 0.15) is 35.2 Å². The second kappa shape index (κ2) is 8.73. The number of ether oxygens (including phenoxy) is 2. The Morgan fingerprint density at radius 1 is 0.933 bits per heavy atom. The van der Waals surface area contributed by atoms with Gasteiger partial charge in [-0.3, -0.25) is 9.59 Å². The monoisotopic (exact) mass is 412 g/mol. The first-order valence-corrected chi connectivity index (χ1v) is 10.3. The Bertz CT molecular complexity index is 949. The molecule has 0 saturated carbocycles. The quantitative estimate of drug-likeness (QED) is 0.778. The summed E-state index contributed by atoms with van der Waals surface area (Å²) in [5, 5.41) is 0. The zero-order valence-corrected chi connectivity index (χ0v) is 17.0. The van der Waals surface area contributed by atoms with Crippen LogP contribution in [-0.4, -0.2) is 61.0 Å². The summed E-state index contributed by atoms with van der Waals surface area (Å²) in [6.45, 7) is 4.76. The molecule has 158 valence electrons. The number of rotatable bonds is 3. The number of hydrogen-bond donors (Lipinski definition) is 0. The van der Waals surface area contributed by atoms with Crippen molar-refractivity contribution in [1.29, 1.82) is 0 Å². The molecule has 2 aliphatic heterocycles. The molecule has 4 rings (SSSR count). The van der Waals surface area contributed by atoms with Gasteiger partial charge in [0.2, 0.25) is 5.91 Å². The van der Waals surface area contributed by atoms with E-state index in [0.29, 0.717) is 57.3 Å². The highest BCUT2D eigenvalue weighted by atomic mass is 19.1. The standard InChI is InChI=1S/C23H25FN2O4/c1-16(17-7-8-20-21(15-17)30-14-13-29-20)22(27)25-9-4-10-26(12-11-25)23(28)18-5-2-3-6-19(18)24/h2-3,5-8,15-16H,4,9-14H2,1H3. The number of carbonyl (C=O) groups excluding carboxylic acids is 2. The Kier molecular flexibility index (Phi) is 5.88. The van der Waals surface area contributed by atoms with E-state index in [1.807, 2.05) is 25.1 Å². The van der Waals surface area contributed by atoms with E-state index in [4.69, 9.17) is 9.47 Å². The zero-order valence-electron chi connectivity index (χ0n) is 17.0. The molecule has 2 aliphatic rings. The van der Waals surface area contributed by atoms with Gasteiger partial charge in [0.05, 0.1) is 11.5 Å². The Hall–Kier alpha value is -3.09. The van der Waals surface area contributed by atoms with Gasteiger partial charge < -0.3 is 19.3 Å². The van der Waals surface area contributed by atoms with Gasteiger partial charge in [-0.25, -0.2) is 4.39 Å². The van der Waals surface area contributed by atoms with Crippen molar-refractivity contribution in [3.05, 3.63) is 59.4 Å². The number of hydrogen-bond acceptors (Lipinski definition) is 4. The lowest BCUT2D eigenvalue weighted by atomic mass is 9.99. The number of carbonyl (C=O) groups is 2. The largest absolute Gasteiger partial charge is 0.486 e. The topological polar surface area (TPSA) is 59.1 Å². The Morgan fingerprint density at radius 2 is 1.63 bits per heavy atom. The SMILES string of the molecule is CC(C(=O)N1CCCN(C(=O)c2ccccc2F)CC1)c1ccc2c(c1)OCCO2. The van der Waals surface area contributed by atoms with Crippen LogP contribution in [0.4, 0.5) is 4.39 Å². The van der Waals surface area contributed by atoms with E-state index >= 15 is 0 Å². The van der Waals surface area contributed by atoms with Gasteiger partial charge in [-0.15, -0.1) is 0 Å². The summed E-state index contributed by atoms with van der Waals surface area (Å²) in [5.41, 5.74) is 0.940. The molecular formula is C23H25FN2O4. The minimum absolute atomic E-state index is 0.00636. The van der Waals surface area contributed by atoms with Gasteiger partial charge in [-0.05, 0) is 43.2 Å². The van der Waals surface area contributed by atoms with Crippen molar-refractivity contribution < 1.29 is 23.5 Å². The normalized spacial score (nSPS) is 17.3. The van der Waals surface area contributed by atoms with Crippen LogP contribution >= 0.6 is 0 Å². The molecule has 2 aromatic carbocycles. The van der Waals surface area contributed by atoms with Crippen LogP contribution in [-0.2, 0) is 4.79 Å². The summed E-state index contributed by atoms with van der Waals surface area (Å²) in [6.07, 6.45) is 0.653. The number of nitrogens with zero attached hydrogens (tertiary/aromatic N) is 2. The van der Waals surface area contributed by atoms with Crippen molar-refractivity contribution in [2.45, 2.75) is 19.3 Å². The first-order valence-electron chi connectivity index (χ1n) is 10.3. The van der Waals surface area contributed by atoms with Crippen LogP contribution in [0, 0.1) is 5.82 Å². The molecule has 0 radical (unpaired) electrons. The molecular weight excluding hydrogens is 387 g/mol. The molecule has 7 heteroatoms. The molecule has 2 heterocycles. The molecule has 2 amide bonds. The molecule has 0 N–H and O–H groups in total. The first-order chi connectivity index (χ1) is 14.5. The summed E-state index contributed by atoms with van der Waals surface area (Å²) in [7, 11) is 0. The number of fused-ring (bicyclic) bond motifs is 1. The van der Waals surface area contributed by atoms with E-state index in [2.05, 4.69) is 0 Å². The van der Waals surface area contributed by atoms with Gasteiger partial charge >= 0.3 is 0 Å². The number of benzene rings is 2. The molecule has 0 spiro atoms. The third-order valence-corrected chi connectivity index (χ3v) is 5.64. The average Bonchev–Trinajstić information content (AvgIpc) is 3.04. The van der Waals surface area contributed by atoms with Crippen molar-refractivity contribution >= 4 is 11.8 Å². The fourth-order valence-electron chi connectivity index (χ4n) is 3.89. The van der Waals surface area contributed by atoms with Crippen molar-refractivity contribution in [2.24, 2.45) is 0 Å². The van der Waals surface area contributed by atoms with Gasteiger partial charge in [0.1, 0.15) is 19.0 Å². The molecule has 0 bridgehead atoms. The zero-order chi connectivity index (χ0) is 21.1. The van der Waals surface area contributed by atoms with Crippen LogP contribution in [0.15, 0.2) is 42.5 Å². The second-order valence-corrected chi connectivity index (χ2v) is 7.58. The maximum absolute atomic E-state index is 14.0. The molecule has 6 nitrogen and oxygen atoms in total. The molecule has 2 aromatic rings. The van der Waals surface area contributed by atoms with E-state index < -0.39 is 5.82 Å². The van der Waals surface area contributed by atoms with Gasteiger partial charge in [-0.1, -0.05) is 18.2 Å². The first kappa shape index (κ1) is 20.2. The molecule has 30 heavy (non-hydrogen) atoms. The predicted molar refractivity (Wildman–Crippen MR) is 109 cm³/mol. The van der Waals surface area contributed by atoms with Crippen molar-refractivity contribution in [3.8, 4) is 11.5 Å². The van der Waals surface area contributed by atoms with Crippen molar-refractivity contribution in [3.63, 3.8) is 0 Å². The lowest BCUT2D eigenvalue weighted by Gasteiger charge is -2.26. The van der Waals surface area contributed by atoms with Crippen LogP contribution in [0.3, 0.4) is 0 Å². The molecule has 1 saturated heterocycles. The molecule has 1 atom stereocenters. The number of halogens is 1. The third kappa shape index (κ3) is 4.10. The fourth-order valence-corrected chi connectivity index (χ4v) is 3.89. The van der Waals surface area contributed by atoms with Crippen LogP contribution in [0.25, 0.3) is 0 Å². The summed E-state index contributed by atoms with van der Waals surface area (Å²) in [4.78, 5) is 29.2. The molecule has 1 unspecified atom stereocenters. The third-order valence-electron chi connectivity index (χ3n) is 5.64. The highest BCUT2D eigenvalue weighted by Crippen LogP contribution is 2.33. The fraction of sp³-hybridized carbons (Fsp3) is 0.391. The summed E-state index contributed by atoms with van der Waals surface area (Å²) < 4.78 is 25.2. The van der Waals surface area contributed by atoms with Crippen molar-refractivity contribution in [1.82, 2.24) is 9.80 Å². The van der Waals surface area contributed by atoms with Gasteiger partial charge in [0.15, 0.2) is 11.5 Å². The average molecular weight is 412 g/mol. The van der Waals surface area contributed by atoms with E-state index in [1.165, 1.54) is 12.1 Å². The summed E-state index contributed by atoms with van der Waals surface area (Å²) in [6, 6.07) is 11.6. The highest BCUT2D eigenvalue weighted by molar-refractivity contribution is 5.94.